The second-order valence-corrected chi connectivity index (χ2v) is 6.99. The third kappa shape index (κ3) is 6.03. The Morgan fingerprint density at radius 1 is 1.12 bits per heavy atom. The summed E-state index contributed by atoms with van der Waals surface area (Å²) in [5, 5.41) is 9.04. The van der Waals surface area contributed by atoms with E-state index in [0.29, 0.717) is 12.0 Å². The second kappa shape index (κ2) is 9.76. The summed E-state index contributed by atoms with van der Waals surface area (Å²) in [5.41, 5.74) is 5.25. The van der Waals surface area contributed by atoms with Crippen LogP contribution in [0.1, 0.15) is 54.6 Å². The van der Waals surface area contributed by atoms with E-state index in [0.717, 1.165) is 17.0 Å². The average Bonchev–Trinajstić information content (AvgIpc) is 2.64. The largest absolute Gasteiger partial charge is 0.478 e. The van der Waals surface area contributed by atoms with E-state index in [-0.39, 0.29) is 0 Å². The second-order valence-electron chi connectivity index (χ2n) is 6.99. The molecule has 0 unspecified atom stereocenters. The number of benzene rings is 2. The third-order valence-electron chi connectivity index (χ3n) is 4.82. The summed E-state index contributed by atoms with van der Waals surface area (Å²) in [6.45, 7) is 8.33. The van der Waals surface area contributed by atoms with Crippen LogP contribution in [0.5, 0.6) is 0 Å². The van der Waals surface area contributed by atoms with Gasteiger partial charge in [0.15, 0.2) is 0 Å². The fourth-order valence-electron chi connectivity index (χ4n) is 3.11. The van der Waals surface area contributed by atoms with Gasteiger partial charge in [-0.25, -0.2) is 4.79 Å². The van der Waals surface area contributed by atoms with Crippen LogP contribution in [0.3, 0.4) is 0 Å². The molecule has 1 aliphatic carbocycles. The molecule has 1 atom stereocenters. The number of carboxylic acid groups (broad SMARTS) is 1. The minimum absolute atomic E-state index is 0.381. The first-order valence-corrected chi connectivity index (χ1v) is 9.13. The summed E-state index contributed by atoms with van der Waals surface area (Å²) in [7, 11) is 0. The van der Waals surface area contributed by atoms with E-state index in [9.17, 15) is 4.79 Å². The maximum absolute atomic E-state index is 11.0. The Labute approximate surface area is 156 Å². The number of carboxylic acids is 1. The van der Waals surface area contributed by atoms with Gasteiger partial charge in [-0.05, 0) is 62.6 Å². The quantitative estimate of drug-likeness (QED) is 0.660. The fraction of sp³-hybridized carbons (Fsp3) is 0.292. The van der Waals surface area contributed by atoms with Crippen molar-refractivity contribution in [1.82, 2.24) is 0 Å². The molecule has 0 aromatic heterocycles. The highest BCUT2D eigenvalue weighted by atomic mass is 16.4. The predicted octanol–water partition coefficient (Wildman–Crippen LogP) is 6.28. The summed E-state index contributed by atoms with van der Waals surface area (Å²) in [6, 6.07) is 17.0. The van der Waals surface area contributed by atoms with Crippen molar-refractivity contribution in [2.45, 2.75) is 39.5 Å². The van der Waals surface area contributed by atoms with E-state index in [1.165, 1.54) is 24.8 Å². The van der Waals surface area contributed by atoms with E-state index in [4.69, 9.17) is 5.11 Å². The molecule has 0 radical (unpaired) electrons. The highest BCUT2D eigenvalue weighted by Crippen LogP contribution is 2.27. The van der Waals surface area contributed by atoms with Gasteiger partial charge in [-0.15, -0.1) is 0 Å². The predicted molar refractivity (Wildman–Crippen MR) is 109 cm³/mol. The van der Waals surface area contributed by atoms with Gasteiger partial charge in [-0.2, -0.15) is 0 Å². The molecule has 3 rings (SSSR count). The SMILES string of the molecule is C=C(C)[C@H]1CC=C(C)CC1.O=C(O)c1ccccc1Cc1ccccc1. The normalized spacial score (nSPS) is 16.1. The van der Waals surface area contributed by atoms with Gasteiger partial charge in [0.25, 0.3) is 0 Å². The highest BCUT2D eigenvalue weighted by molar-refractivity contribution is 5.89. The molecule has 2 aromatic carbocycles. The first-order valence-electron chi connectivity index (χ1n) is 9.13. The Hall–Kier alpha value is -2.61. The lowest BCUT2D eigenvalue weighted by molar-refractivity contribution is 0.0696. The molecule has 0 bridgehead atoms. The number of carbonyl (C=O) groups is 1. The number of aromatic carboxylic acids is 1. The van der Waals surface area contributed by atoms with Crippen molar-refractivity contribution in [2.24, 2.45) is 5.92 Å². The van der Waals surface area contributed by atoms with Gasteiger partial charge < -0.3 is 5.11 Å². The molecule has 0 spiro atoms. The number of rotatable bonds is 4. The van der Waals surface area contributed by atoms with Gasteiger partial charge in [0, 0.05) is 0 Å². The van der Waals surface area contributed by atoms with E-state index in [1.807, 2.05) is 42.5 Å². The van der Waals surface area contributed by atoms with Crippen molar-refractivity contribution >= 4 is 5.97 Å². The van der Waals surface area contributed by atoms with Crippen LogP contribution in [0.15, 0.2) is 78.4 Å². The van der Waals surface area contributed by atoms with Crippen molar-refractivity contribution in [1.29, 1.82) is 0 Å². The Balaban J connectivity index is 0.000000209. The lowest BCUT2D eigenvalue weighted by atomic mass is 9.86. The number of allylic oxidation sites excluding steroid dienone is 3. The van der Waals surface area contributed by atoms with Gasteiger partial charge in [0.05, 0.1) is 5.56 Å². The van der Waals surface area contributed by atoms with Crippen LogP contribution in [0.4, 0.5) is 0 Å². The van der Waals surface area contributed by atoms with Crippen LogP contribution < -0.4 is 0 Å². The van der Waals surface area contributed by atoms with Crippen LogP contribution in [-0.2, 0) is 6.42 Å². The first-order chi connectivity index (χ1) is 12.5. The third-order valence-corrected chi connectivity index (χ3v) is 4.82. The fourth-order valence-corrected chi connectivity index (χ4v) is 3.11. The van der Waals surface area contributed by atoms with E-state index >= 15 is 0 Å². The molecule has 2 nitrogen and oxygen atoms in total. The highest BCUT2D eigenvalue weighted by Gasteiger charge is 2.12. The van der Waals surface area contributed by atoms with Crippen molar-refractivity contribution < 1.29 is 9.90 Å². The summed E-state index contributed by atoms with van der Waals surface area (Å²) < 4.78 is 0. The van der Waals surface area contributed by atoms with Crippen LogP contribution in [0, 0.1) is 5.92 Å². The van der Waals surface area contributed by atoms with E-state index < -0.39 is 5.97 Å². The van der Waals surface area contributed by atoms with Crippen LogP contribution in [0.2, 0.25) is 0 Å². The van der Waals surface area contributed by atoms with Crippen molar-refractivity contribution in [2.75, 3.05) is 0 Å². The van der Waals surface area contributed by atoms with Crippen molar-refractivity contribution in [3.63, 3.8) is 0 Å². The summed E-state index contributed by atoms with van der Waals surface area (Å²) >= 11 is 0. The zero-order valence-corrected chi connectivity index (χ0v) is 15.7. The standard InChI is InChI=1S/C14H12O2.C10H16/c15-14(16)13-9-5-4-8-12(13)10-11-6-2-1-3-7-11;1-8(2)10-6-4-9(3)5-7-10/h1-9H,10H2,(H,15,16);4,10H,1,5-7H2,2-3H3/t;10-/m.0/s1. The molecule has 136 valence electrons. The molecule has 2 heteroatoms. The molecule has 0 heterocycles. The molecule has 1 N–H and O–H groups in total. The molecule has 1 aliphatic rings. The zero-order chi connectivity index (χ0) is 18.9. The summed E-state index contributed by atoms with van der Waals surface area (Å²) in [4.78, 5) is 11.0. The topological polar surface area (TPSA) is 37.3 Å². The molecular formula is C24H28O2. The summed E-state index contributed by atoms with van der Waals surface area (Å²) in [6.07, 6.45) is 6.82. The molecule has 2 aromatic rings. The first kappa shape index (κ1) is 19.7. The van der Waals surface area contributed by atoms with Gasteiger partial charge in [0.1, 0.15) is 0 Å². The molecule has 0 saturated carbocycles. The molecule has 0 amide bonds. The Morgan fingerprint density at radius 3 is 2.35 bits per heavy atom. The minimum atomic E-state index is -0.869. The Kier molecular flexibility index (Phi) is 7.40. The smallest absolute Gasteiger partial charge is 0.335 e. The van der Waals surface area contributed by atoms with E-state index in [1.54, 1.807) is 17.7 Å². The molecule has 26 heavy (non-hydrogen) atoms. The number of hydrogen-bond donors (Lipinski definition) is 1. The van der Waals surface area contributed by atoms with Crippen LogP contribution in [0.25, 0.3) is 0 Å². The van der Waals surface area contributed by atoms with Crippen LogP contribution in [-0.4, -0.2) is 11.1 Å². The molecule has 0 aliphatic heterocycles. The maximum atomic E-state index is 11.0. The maximum Gasteiger partial charge on any atom is 0.335 e. The lowest BCUT2D eigenvalue weighted by Crippen LogP contribution is -2.04. The lowest BCUT2D eigenvalue weighted by Gasteiger charge is -2.19. The number of hydrogen-bond acceptors (Lipinski definition) is 1. The van der Waals surface area contributed by atoms with Gasteiger partial charge in [0.2, 0.25) is 0 Å². The van der Waals surface area contributed by atoms with Crippen molar-refractivity contribution in [3.8, 4) is 0 Å². The molecule has 0 fully saturated rings. The monoisotopic (exact) mass is 348 g/mol. The van der Waals surface area contributed by atoms with Gasteiger partial charge in [-0.3, -0.25) is 0 Å². The van der Waals surface area contributed by atoms with Gasteiger partial charge >= 0.3 is 5.97 Å². The molecular weight excluding hydrogens is 320 g/mol. The Morgan fingerprint density at radius 2 is 1.77 bits per heavy atom. The minimum Gasteiger partial charge on any atom is -0.478 e. The van der Waals surface area contributed by atoms with Crippen LogP contribution >= 0.6 is 0 Å². The Bertz CT molecular complexity index is 772. The van der Waals surface area contributed by atoms with Crippen molar-refractivity contribution in [3.05, 3.63) is 95.1 Å². The zero-order valence-electron chi connectivity index (χ0n) is 15.7. The average molecular weight is 348 g/mol. The molecule has 0 saturated heterocycles. The van der Waals surface area contributed by atoms with Gasteiger partial charge in [-0.1, -0.05) is 72.3 Å². The van der Waals surface area contributed by atoms with E-state index in [2.05, 4.69) is 26.5 Å². The summed E-state index contributed by atoms with van der Waals surface area (Å²) in [5.74, 6) is -0.102.